The molecule has 2 N–H and O–H groups in total. The molecule has 0 spiro atoms. The molecule has 4 heteroatoms. The summed E-state index contributed by atoms with van der Waals surface area (Å²) in [6, 6.07) is 0.660. The second-order valence-electron chi connectivity index (χ2n) is 4.51. The maximum atomic E-state index is 11.1. The summed E-state index contributed by atoms with van der Waals surface area (Å²) >= 11 is 0. The summed E-state index contributed by atoms with van der Waals surface area (Å²) in [6.45, 7) is 5.51. The zero-order valence-electron chi connectivity index (χ0n) is 10.4. The van der Waals surface area contributed by atoms with E-state index in [9.17, 15) is 4.79 Å². The second kappa shape index (κ2) is 6.86. The van der Waals surface area contributed by atoms with Crippen molar-refractivity contribution in [1.29, 1.82) is 0 Å². The van der Waals surface area contributed by atoms with Crippen LogP contribution in [0.4, 0.5) is 0 Å². The summed E-state index contributed by atoms with van der Waals surface area (Å²) in [4.78, 5) is 13.4. The maximum absolute atomic E-state index is 11.1. The first-order valence-electron chi connectivity index (χ1n) is 6.31. The number of carbonyl (C=O) groups excluding carboxylic acids is 1. The Balaban J connectivity index is 2.60. The van der Waals surface area contributed by atoms with Crippen molar-refractivity contribution in [2.45, 2.75) is 51.6 Å². The number of nitrogens with one attached hydrogen (secondary N) is 1. The lowest BCUT2D eigenvalue weighted by molar-refractivity contribution is -0.120. The van der Waals surface area contributed by atoms with E-state index in [1.165, 1.54) is 12.8 Å². The maximum Gasteiger partial charge on any atom is 0.217 e. The number of likely N-dealkylation sites (N-methyl/N-ethyl adjacent to an activating group) is 1. The number of aliphatic hydroxyl groups excluding tert-OH is 1. The summed E-state index contributed by atoms with van der Waals surface area (Å²) in [7, 11) is 0. The first-order chi connectivity index (χ1) is 7.69. The molecule has 4 nitrogen and oxygen atoms in total. The predicted octanol–water partition coefficient (Wildman–Crippen LogP) is 0.748. The van der Waals surface area contributed by atoms with E-state index in [0.29, 0.717) is 12.6 Å². The average Bonchev–Trinajstić information content (AvgIpc) is 2.26. The van der Waals surface area contributed by atoms with Crippen molar-refractivity contribution in [1.82, 2.24) is 10.2 Å². The van der Waals surface area contributed by atoms with Crippen molar-refractivity contribution in [2.75, 3.05) is 19.7 Å². The van der Waals surface area contributed by atoms with Gasteiger partial charge in [-0.15, -0.1) is 0 Å². The molecule has 1 fully saturated rings. The zero-order valence-corrected chi connectivity index (χ0v) is 10.4. The Hall–Kier alpha value is -0.610. The van der Waals surface area contributed by atoms with Gasteiger partial charge in [0.15, 0.2) is 0 Å². The first kappa shape index (κ1) is 13.5. The fourth-order valence-electron chi connectivity index (χ4n) is 2.66. The fourth-order valence-corrected chi connectivity index (χ4v) is 2.66. The van der Waals surface area contributed by atoms with Crippen LogP contribution in [0.1, 0.15) is 39.5 Å². The van der Waals surface area contributed by atoms with Crippen LogP contribution in [-0.4, -0.2) is 47.7 Å². The van der Waals surface area contributed by atoms with Crippen LogP contribution in [0.15, 0.2) is 0 Å². The lowest BCUT2D eigenvalue weighted by atomic mass is 9.89. The van der Waals surface area contributed by atoms with Gasteiger partial charge in [0.25, 0.3) is 0 Å². The quantitative estimate of drug-likeness (QED) is 0.730. The van der Waals surface area contributed by atoms with E-state index in [0.717, 1.165) is 19.4 Å². The van der Waals surface area contributed by atoms with Crippen LogP contribution in [-0.2, 0) is 4.79 Å². The van der Waals surface area contributed by atoms with E-state index in [-0.39, 0.29) is 18.6 Å². The molecule has 0 aromatic carbocycles. The van der Waals surface area contributed by atoms with E-state index in [4.69, 9.17) is 5.11 Å². The topological polar surface area (TPSA) is 52.6 Å². The van der Waals surface area contributed by atoms with Crippen LogP contribution in [0, 0.1) is 0 Å². The molecular weight excluding hydrogens is 204 g/mol. The van der Waals surface area contributed by atoms with Gasteiger partial charge in [-0.3, -0.25) is 9.69 Å². The molecule has 0 aromatic rings. The molecule has 1 rings (SSSR count). The van der Waals surface area contributed by atoms with Crippen molar-refractivity contribution in [3.05, 3.63) is 0 Å². The Bertz CT molecular complexity index is 221. The Morgan fingerprint density at radius 2 is 2.12 bits per heavy atom. The largest absolute Gasteiger partial charge is 0.395 e. The molecule has 0 saturated heterocycles. The highest BCUT2D eigenvalue weighted by Gasteiger charge is 2.29. The van der Waals surface area contributed by atoms with Crippen molar-refractivity contribution in [3.63, 3.8) is 0 Å². The highest BCUT2D eigenvalue weighted by atomic mass is 16.3. The number of hydrogen-bond donors (Lipinski definition) is 2. The Kier molecular flexibility index (Phi) is 5.77. The second-order valence-corrected chi connectivity index (χ2v) is 4.51. The standard InChI is InChI=1S/C12H24N2O2/c1-3-14(8-9-15)12-7-5-4-6-11(12)13-10(2)16/h11-12,15H,3-9H2,1-2H3,(H,13,16)/t11-,12+/m1/s1. The lowest BCUT2D eigenvalue weighted by Gasteiger charge is -2.39. The number of rotatable bonds is 5. The SMILES string of the molecule is CCN(CCO)[C@H]1CCCC[C@H]1NC(C)=O. The molecule has 0 bridgehead atoms. The van der Waals surface area contributed by atoms with Gasteiger partial charge < -0.3 is 10.4 Å². The summed E-state index contributed by atoms with van der Waals surface area (Å²) < 4.78 is 0. The molecule has 0 unspecified atom stereocenters. The zero-order chi connectivity index (χ0) is 12.0. The molecule has 1 amide bonds. The number of amides is 1. The molecule has 2 atom stereocenters. The van der Waals surface area contributed by atoms with Gasteiger partial charge in [0.05, 0.1) is 6.61 Å². The minimum Gasteiger partial charge on any atom is -0.395 e. The van der Waals surface area contributed by atoms with E-state index < -0.39 is 0 Å². The molecule has 0 radical (unpaired) electrons. The highest BCUT2D eigenvalue weighted by Crippen LogP contribution is 2.23. The van der Waals surface area contributed by atoms with Crippen LogP contribution in [0.3, 0.4) is 0 Å². The first-order valence-corrected chi connectivity index (χ1v) is 6.31. The van der Waals surface area contributed by atoms with Gasteiger partial charge in [0, 0.05) is 25.6 Å². The van der Waals surface area contributed by atoms with Crippen molar-refractivity contribution in [2.24, 2.45) is 0 Å². The molecule has 0 heterocycles. The molecule has 1 aliphatic carbocycles. The van der Waals surface area contributed by atoms with Gasteiger partial charge in [-0.25, -0.2) is 0 Å². The van der Waals surface area contributed by atoms with Gasteiger partial charge in [0.1, 0.15) is 0 Å². The van der Waals surface area contributed by atoms with E-state index >= 15 is 0 Å². The van der Waals surface area contributed by atoms with Gasteiger partial charge >= 0.3 is 0 Å². The predicted molar refractivity (Wildman–Crippen MR) is 64.2 cm³/mol. The summed E-state index contributed by atoms with van der Waals surface area (Å²) in [6.07, 6.45) is 4.60. The highest BCUT2D eigenvalue weighted by molar-refractivity contribution is 5.73. The minimum atomic E-state index is 0.0527. The molecular formula is C12H24N2O2. The normalized spacial score (nSPS) is 25.8. The third-order valence-electron chi connectivity index (χ3n) is 3.38. The van der Waals surface area contributed by atoms with E-state index in [2.05, 4.69) is 17.1 Å². The molecule has 94 valence electrons. The molecule has 0 aliphatic heterocycles. The summed E-state index contributed by atoms with van der Waals surface area (Å²) in [5, 5.41) is 12.1. The monoisotopic (exact) mass is 228 g/mol. The molecule has 1 saturated carbocycles. The van der Waals surface area contributed by atoms with Gasteiger partial charge in [0.2, 0.25) is 5.91 Å². The van der Waals surface area contributed by atoms with Gasteiger partial charge in [-0.05, 0) is 19.4 Å². The summed E-state index contributed by atoms with van der Waals surface area (Å²) in [5.74, 6) is 0.0527. The van der Waals surface area contributed by atoms with Gasteiger partial charge in [-0.2, -0.15) is 0 Å². The minimum absolute atomic E-state index is 0.0527. The fraction of sp³-hybridized carbons (Fsp3) is 0.917. The van der Waals surface area contributed by atoms with E-state index in [1.807, 2.05) is 0 Å². The van der Waals surface area contributed by atoms with Crippen LogP contribution >= 0.6 is 0 Å². The Morgan fingerprint density at radius 1 is 1.44 bits per heavy atom. The number of nitrogens with zero attached hydrogens (tertiary/aromatic N) is 1. The van der Waals surface area contributed by atoms with Crippen LogP contribution in [0.2, 0.25) is 0 Å². The van der Waals surface area contributed by atoms with Crippen LogP contribution < -0.4 is 5.32 Å². The third kappa shape index (κ3) is 3.76. The molecule has 16 heavy (non-hydrogen) atoms. The molecule has 1 aliphatic rings. The summed E-state index contributed by atoms with van der Waals surface area (Å²) in [5.41, 5.74) is 0. The Labute approximate surface area is 98.0 Å². The van der Waals surface area contributed by atoms with Crippen LogP contribution in [0.5, 0.6) is 0 Å². The van der Waals surface area contributed by atoms with Crippen molar-refractivity contribution in [3.8, 4) is 0 Å². The average molecular weight is 228 g/mol. The molecule has 0 aromatic heterocycles. The number of aliphatic hydroxyl groups is 1. The van der Waals surface area contributed by atoms with E-state index in [1.54, 1.807) is 6.92 Å². The van der Waals surface area contributed by atoms with Gasteiger partial charge in [-0.1, -0.05) is 19.8 Å². The smallest absolute Gasteiger partial charge is 0.217 e. The number of hydrogen-bond acceptors (Lipinski definition) is 3. The lowest BCUT2D eigenvalue weighted by Crippen LogP contribution is -2.53. The number of carbonyl (C=O) groups is 1. The van der Waals surface area contributed by atoms with Crippen molar-refractivity contribution < 1.29 is 9.90 Å². The van der Waals surface area contributed by atoms with Crippen LogP contribution in [0.25, 0.3) is 0 Å². The van der Waals surface area contributed by atoms with Crippen molar-refractivity contribution >= 4 is 5.91 Å². The Morgan fingerprint density at radius 3 is 2.69 bits per heavy atom. The third-order valence-corrected chi connectivity index (χ3v) is 3.38.